The van der Waals surface area contributed by atoms with Crippen LogP contribution in [0, 0.1) is 0 Å². The van der Waals surface area contributed by atoms with Crippen molar-refractivity contribution in [3.8, 4) is 0 Å². The Morgan fingerprint density at radius 3 is 0.857 bits per heavy atom. The minimum Gasteiger partial charge on any atom is -0.462 e. The van der Waals surface area contributed by atoms with E-state index in [2.05, 4.69) is 167 Å². The third-order valence-corrected chi connectivity index (χ3v) is 12.8. The van der Waals surface area contributed by atoms with E-state index in [0.29, 0.717) is 19.3 Å². The van der Waals surface area contributed by atoms with Gasteiger partial charge in [-0.05, 0) is 141 Å². The molecule has 0 heterocycles. The number of allylic oxidation sites excluding steroid dienone is 24. The van der Waals surface area contributed by atoms with Crippen LogP contribution in [0.2, 0.25) is 0 Å². The summed E-state index contributed by atoms with van der Waals surface area (Å²) in [5.74, 6) is -0.946. The van der Waals surface area contributed by atoms with Gasteiger partial charge in [0.25, 0.3) is 0 Å². The van der Waals surface area contributed by atoms with E-state index in [0.717, 1.165) is 180 Å². The van der Waals surface area contributed by atoms with E-state index in [1.807, 2.05) is 0 Å². The van der Waals surface area contributed by atoms with Crippen LogP contribution in [-0.2, 0) is 28.6 Å². The highest BCUT2D eigenvalue weighted by molar-refractivity contribution is 5.71. The molecule has 6 nitrogen and oxygen atoms in total. The molecule has 0 spiro atoms. The molecule has 0 aromatic heterocycles. The van der Waals surface area contributed by atoms with Crippen LogP contribution < -0.4 is 0 Å². The van der Waals surface area contributed by atoms with Crippen molar-refractivity contribution in [1.82, 2.24) is 0 Å². The van der Waals surface area contributed by atoms with Crippen LogP contribution in [0.4, 0.5) is 0 Å². The number of carbonyl (C=O) groups excluding carboxylic acids is 3. The van der Waals surface area contributed by atoms with Crippen LogP contribution in [0.5, 0.6) is 0 Å². The molecule has 0 amide bonds. The van der Waals surface area contributed by atoms with Gasteiger partial charge in [-0.25, -0.2) is 0 Å². The van der Waals surface area contributed by atoms with Crippen molar-refractivity contribution in [2.45, 2.75) is 271 Å². The molecule has 0 aromatic rings. The van der Waals surface area contributed by atoms with Crippen molar-refractivity contribution >= 4 is 17.9 Å². The molecule has 0 saturated carbocycles. The van der Waals surface area contributed by atoms with Gasteiger partial charge < -0.3 is 14.2 Å². The molecule has 0 aliphatic carbocycles. The van der Waals surface area contributed by atoms with Gasteiger partial charge in [0, 0.05) is 19.3 Å². The second-order valence-corrected chi connectivity index (χ2v) is 20.2. The Balaban J connectivity index is 4.30. The van der Waals surface area contributed by atoms with E-state index in [-0.39, 0.29) is 31.1 Å². The van der Waals surface area contributed by atoms with Crippen molar-refractivity contribution in [3.05, 3.63) is 146 Å². The van der Waals surface area contributed by atoms with E-state index in [4.69, 9.17) is 14.2 Å². The second kappa shape index (κ2) is 63.8. The maximum absolute atomic E-state index is 12.8. The zero-order valence-electron chi connectivity index (χ0n) is 49.7. The largest absolute Gasteiger partial charge is 0.462 e. The molecule has 1 atom stereocenters. The van der Waals surface area contributed by atoms with Crippen LogP contribution in [0.15, 0.2) is 146 Å². The summed E-state index contributed by atoms with van der Waals surface area (Å²) < 4.78 is 16.8. The standard InChI is InChI=1S/C71H114O6/c1-4-7-10-13-16-19-22-24-26-28-29-30-31-32-33-34-35-36-37-38-39-40-41-42-43-44-46-47-49-52-55-58-61-64-70(73)76-67-68(66-75-69(72)63-60-57-54-51-21-18-15-12-9-6-3)77-71(74)65-62-59-56-53-50-48-45-27-25-23-20-17-14-11-8-5-2/h7,10,12,15-16,19-20,23-24,26-27,29-30,32-33,35-36,38-39,41-42,44-46,68H,4-6,8-9,11,13-14,17-18,21-22,25,28,31,34,37,40,43,47-67H2,1-3H3/b10-7-,15-12-,19-16-,23-20-,26-24-,30-29-,33-32-,36-35-,39-38-,42-41-,45-27-,46-44-. The van der Waals surface area contributed by atoms with E-state index in [1.165, 1.54) is 44.9 Å². The molecule has 0 aliphatic heterocycles. The Kier molecular flexibility index (Phi) is 59.9. The van der Waals surface area contributed by atoms with Crippen molar-refractivity contribution < 1.29 is 28.6 Å². The Morgan fingerprint density at radius 2 is 0.532 bits per heavy atom. The molecule has 0 N–H and O–H groups in total. The lowest BCUT2D eigenvalue weighted by atomic mass is 10.1. The Hall–Kier alpha value is -4.71. The zero-order valence-corrected chi connectivity index (χ0v) is 49.7. The smallest absolute Gasteiger partial charge is 0.306 e. The number of rotatable bonds is 55. The first kappa shape index (κ1) is 72.3. The molecule has 1 unspecified atom stereocenters. The molecule has 0 aliphatic rings. The average Bonchev–Trinajstić information content (AvgIpc) is 3.43. The number of unbranched alkanes of at least 4 members (excludes halogenated alkanes) is 20. The second-order valence-electron chi connectivity index (χ2n) is 20.2. The lowest BCUT2D eigenvalue weighted by molar-refractivity contribution is -0.167. The van der Waals surface area contributed by atoms with Gasteiger partial charge in [-0.15, -0.1) is 0 Å². The summed E-state index contributed by atoms with van der Waals surface area (Å²) in [5.41, 5.74) is 0. The lowest BCUT2D eigenvalue weighted by Crippen LogP contribution is -2.30. The molecule has 0 bridgehead atoms. The van der Waals surface area contributed by atoms with Crippen LogP contribution >= 0.6 is 0 Å². The van der Waals surface area contributed by atoms with E-state index in [1.54, 1.807) is 0 Å². The SMILES string of the molecule is CC/C=C\C/C=C\C/C=C\C/C=C\C/C=C\C/C=C\C/C=C\C/C=C\C/C=C\CCCCCCCC(=O)OCC(COC(=O)CCCCCCC/C=C\CCC)OC(=O)CCCCCCC/C=C\C/C=C\CCCCCC. The fraction of sp³-hybridized carbons (Fsp3) is 0.620. The fourth-order valence-electron chi connectivity index (χ4n) is 8.11. The lowest BCUT2D eigenvalue weighted by Gasteiger charge is -2.18. The molecule has 0 saturated heterocycles. The normalized spacial score (nSPS) is 13.1. The fourth-order valence-corrected chi connectivity index (χ4v) is 8.11. The molecule has 0 fully saturated rings. The maximum atomic E-state index is 12.8. The highest BCUT2D eigenvalue weighted by atomic mass is 16.6. The summed E-state index contributed by atoms with van der Waals surface area (Å²) in [6.45, 7) is 6.40. The first-order chi connectivity index (χ1) is 38.0. The van der Waals surface area contributed by atoms with Gasteiger partial charge in [0.1, 0.15) is 13.2 Å². The van der Waals surface area contributed by atoms with Crippen LogP contribution in [-0.4, -0.2) is 37.2 Å². The predicted octanol–water partition coefficient (Wildman–Crippen LogP) is 21.5. The predicted molar refractivity (Wildman–Crippen MR) is 334 cm³/mol. The Morgan fingerprint density at radius 1 is 0.273 bits per heavy atom. The highest BCUT2D eigenvalue weighted by Crippen LogP contribution is 2.14. The number of esters is 3. The van der Waals surface area contributed by atoms with Gasteiger partial charge in [0.15, 0.2) is 6.10 Å². The van der Waals surface area contributed by atoms with Crippen LogP contribution in [0.25, 0.3) is 0 Å². The molecule has 0 aromatic carbocycles. The zero-order chi connectivity index (χ0) is 55.7. The topological polar surface area (TPSA) is 78.9 Å². The van der Waals surface area contributed by atoms with E-state index >= 15 is 0 Å². The summed E-state index contributed by atoms with van der Waals surface area (Å²) in [4.78, 5) is 38.1. The number of hydrogen-bond acceptors (Lipinski definition) is 6. The Bertz CT molecular complexity index is 1700. The molecule has 6 heteroatoms. The summed E-state index contributed by atoms with van der Waals surface area (Å²) >= 11 is 0. The summed E-state index contributed by atoms with van der Waals surface area (Å²) in [6.07, 6.45) is 91.4. The van der Waals surface area contributed by atoms with Gasteiger partial charge in [0.2, 0.25) is 0 Å². The average molecular weight is 1060 g/mol. The van der Waals surface area contributed by atoms with Crippen LogP contribution in [0.1, 0.15) is 265 Å². The molecular weight excluding hydrogens is 949 g/mol. The van der Waals surface area contributed by atoms with Gasteiger partial charge in [-0.1, -0.05) is 250 Å². The Labute approximate surface area is 474 Å². The van der Waals surface area contributed by atoms with Gasteiger partial charge in [-0.3, -0.25) is 14.4 Å². The number of hydrogen-bond donors (Lipinski definition) is 0. The minimum absolute atomic E-state index is 0.0986. The molecule has 77 heavy (non-hydrogen) atoms. The molecule has 0 rings (SSSR count). The van der Waals surface area contributed by atoms with Gasteiger partial charge >= 0.3 is 17.9 Å². The molecule has 434 valence electrons. The monoisotopic (exact) mass is 1060 g/mol. The van der Waals surface area contributed by atoms with Crippen molar-refractivity contribution in [3.63, 3.8) is 0 Å². The highest BCUT2D eigenvalue weighted by Gasteiger charge is 2.19. The first-order valence-electron chi connectivity index (χ1n) is 31.3. The van der Waals surface area contributed by atoms with Crippen molar-refractivity contribution in [2.75, 3.05) is 13.2 Å². The minimum atomic E-state index is -0.802. The van der Waals surface area contributed by atoms with E-state index < -0.39 is 6.10 Å². The summed E-state index contributed by atoms with van der Waals surface area (Å²) in [5, 5.41) is 0. The third kappa shape index (κ3) is 62.0. The first-order valence-corrected chi connectivity index (χ1v) is 31.3. The summed E-state index contributed by atoms with van der Waals surface area (Å²) in [7, 11) is 0. The van der Waals surface area contributed by atoms with Gasteiger partial charge in [0.05, 0.1) is 0 Å². The molecular formula is C71H114O6. The quantitative estimate of drug-likeness (QED) is 0.0261. The van der Waals surface area contributed by atoms with E-state index in [9.17, 15) is 14.4 Å². The maximum Gasteiger partial charge on any atom is 0.306 e. The summed E-state index contributed by atoms with van der Waals surface area (Å²) in [6, 6.07) is 0. The van der Waals surface area contributed by atoms with Gasteiger partial charge in [-0.2, -0.15) is 0 Å². The third-order valence-electron chi connectivity index (χ3n) is 12.8. The number of carbonyl (C=O) groups is 3. The molecule has 0 radical (unpaired) electrons. The van der Waals surface area contributed by atoms with Crippen molar-refractivity contribution in [2.24, 2.45) is 0 Å². The number of ether oxygens (including phenoxy) is 3. The van der Waals surface area contributed by atoms with Crippen molar-refractivity contribution in [1.29, 1.82) is 0 Å². The van der Waals surface area contributed by atoms with Crippen LogP contribution in [0.3, 0.4) is 0 Å².